The molecule has 7 nitrogen and oxygen atoms in total. The highest BCUT2D eigenvalue weighted by Crippen LogP contribution is 2.31. The number of Topliss-reactive ketones (excluding diaryl/α,β-unsaturated/α-hetero) is 1. The van der Waals surface area contributed by atoms with Crippen LogP contribution in [0.4, 0.5) is 9.59 Å². The van der Waals surface area contributed by atoms with Gasteiger partial charge >= 0.3 is 12.2 Å². The number of rotatable bonds is 2. The van der Waals surface area contributed by atoms with E-state index in [4.69, 9.17) is 9.47 Å². The average molecular weight is 360 g/mol. The van der Waals surface area contributed by atoms with E-state index in [0.717, 1.165) is 5.56 Å². The quantitative estimate of drug-likeness (QED) is 0.810. The van der Waals surface area contributed by atoms with Gasteiger partial charge in [0.05, 0.1) is 12.6 Å². The van der Waals surface area contributed by atoms with Crippen LogP contribution in [0, 0.1) is 0 Å². The number of hydrogen-bond donors (Lipinski definition) is 0. The van der Waals surface area contributed by atoms with Crippen LogP contribution in [0.1, 0.15) is 32.8 Å². The third kappa shape index (κ3) is 3.81. The van der Waals surface area contributed by atoms with Gasteiger partial charge in [-0.15, -0.1) is 0 Å². The number of ether oxygens (including phenoxy) is 2. The number of amides is 2. The zero-order valence-corrected chi connectivity index (χ0v) is 15.3. The Labute approximate surface area is 152 Å². The molecule has 2 heterocycles. The van der Waals surface area contributed by atoms with E-state index < -0.39 is 23.8 Å². The predicted octanol–water partition coefficient (Wildman–Crippen LogP) is 2.59. The van der Waals surface area contributed by atoms with E-state index in [1.807, 2.05) is 30.3 Å². The molecule has 0 aliphatic carbocycles. The summed E-state index contributed by atoms with van der Waals surface area (Å²) < 4.78 is 10.7. The molecule has 0 N–H and O–H groups in total. The van der Waals surface area contributed by atoms with Crippen LogP contribution in [0.25, 0.3) is 0 Å². The normalized spacial score (nSPS) is 22.3. The van der Waals surface area contributed by atoms with Gasteiger partial charge in [0, 0.05) is 6.54 Å². The van der Waals surface area contributed by atoms with Crippen molar-refractivity contribution < 1.29 is 23.9 Å². The number of carbonyl (C=O) groups is 3. The van der Waals surface area contributed by atoms with E-state index in [0.29, 0.717) is 13.0 Å². The van der Waals surface area contributed by atoms with Crippen LogP contribution in [-0.4, -0.2) is 58.5 Å². The van der Waals surface area contributed by atoms with Gasteiger partial charge in [0.1, 0.15) is 18.2 Å². The van der Waals surface area contributed by atoms with Crippen LogP contribution >= 0.6 is 0 Å². The van der Waals surface area contributed by atoms with Gasteiger partial charge in [-0.05, 0) is 32.8 Å². The van der Waals surface area contributed by atoms with Crippen molar-refractivity contribution in [2.75, 3.05) is 13.1 Å². The van der Waals surface area contributed by atoms with Crippen molar-refractivity contribution in [2.24, 2.45) is 0 Å². The van der Waals surface area contributed by atoms with Crippen molar-refractivity contribution in [1.29, 1.82) is 0 Å². The van der Waals surface area contributed by atoms with E-state index in [1.54, 1.807) is 20.8 Å². The molecule has 3 rings (SSSR count). The molecule has 0 spiro atoms. The molecule has 0 radical (unpaired) electrons. The molecule has 2 amide bonds. The van der Waals surface area contributed by atoms with Gasteiger partial charge in [-0.1, -0.05) is 30.3 Å². The maximum absolute atomic E-state index is 12.4. The molecule has 0 saturated carbocycles. The number of benzene rings is 1. The molecule has 2 atom stereocenters. The molecule has 2 aliphatic rings. The van der Waals surface area contributed by atoms with Crippen LogP contribution in [0.15, 0.2) is 30.3 Å². The SMILES string of the molecule is CC(C)(C)OC(=O)N1CC(=O)C2C1CCN2C(=O)OCc1ccccc1. The Kier molecular flexibility index (Phi) is 4.89. The molecule has 1 aromatic carbocycles. The Balaban J connectivity index is 1.63. The maximum atomic E-state index is 12.4. The summed E-state index contributed by atoms with van der Waals surface area (Å²) in [5, 5.41) is 0. The van der Waals surface area contributed by atoms with Crippen LogP contribution < -0.4 is 0 Å². The summed E-state index contributed by atoms with van der Waals surface area (Å²) in [6, 6.07) is 8.37. The van der Waals surface area contributed by atoms with E-state index in [2.05, 4.69) is 0 Å². The minimum Gasteiger partial charge on any atom is -0.445 e. The molecular weight excluding hydrogens is 336 g/mol. The number of fused-ring (bicyclic) bond motifs is 1. The summed E-state index contributed by atoms with van der Waals surface area (Å²) in [7, 11) is 0. The van der Waals surface area contributed by atoms with Crippen LogP contribution in [0.5, 0.6) is 0 Å². The van der Waals surface area contributed by atoms with Gasteiger partial charge in [0.25, 0.3) is 0 Å². The van der Waals surface area contributed by atoms with Gasteiger partial charge in [0.15, 0.2) is 5.78 Å². The summed E-state index contributed by atoms with van der Waals surface area (Å²) in [4.78, 5) is 40.1. The molecule has 0 aromatic heterocycles. The Morgan fingerprint density at radius 3 is 2.46 bits per heavy atom. The standard InChI is InChI=1S/C19H24N2O5/c1-19(2,3)26-18(24)21-11-15(22)16-14(21)9-10-20(16)17(23)25-12-13-7-5-4-6-8-13/h4-8,14,16H,9-12H2,1-3H3. The lowest BCUT2D eigenvalue weighted by Gasteiger charge is -2.27. The second-order valence-corrected chi connectivity index (χ2v) is 7.61. The van der Waals surface area contributed by atoms with Crippen molar-refractivity contribution in [2.45, 2.75) is 51.5 Å². The highest BCUT2D eigenvalue weighted by Gasteiger charge is 2.52. The Bertz CT molecular complexity index is 698. The van der Waals surface area contributed by atoms with E-state index in [-0.39, 0.29) is 25.0 Å². The molecule has 7 heteroatoms. The summed E-state index contributed by atoms with van der Waals surface area (Å²) in [5.74, 6) is -0.157. The van der Waals surface area contributed by atoms with Gasteiger partial charge in [0.2, 0.25) is 0 Å². The van der Waals surface area contributed by atoms with Crippen LogP contribution in [0.3, 0.4) is 0 Å². The van der Waals surface area contributed by atoms with Gasteiger partial charge in [-0.3, -0.25) is 14.6 Å². The second kappa shape index (κ2) is 6.97. The van der Waals surface area contributed by atoms with Crippen molar-refractivity contribution in [3.05, 3.63) is 35.9 Å². The number of carbonyl (C=O) groups excluding carboxylic acids is 3. The number of ketones is 1. The first-order valence-corrected chi connectivity index (χ1v) is 8.76. The highest BCUT2D eigenvalue weighted by molar-refractivity contribution is 5.95. The highest BCUT2D eigenvalue weighted by atomic mass is 16.6. The summed E-state index contributed by atoms with van der Waals surface area (Å²) in [6.07, 6.45) is -0.505. The largest absolute Gasteiger partial charge is 0.445 e. The summed E-state index contributed by atoms with van der Waals surface area (Å²) >= 11 is 0. The van der Waals surface area contributed by atoms with E-state index in [9.17, 15) is 14.4 Å². The lowest BCUT2D eigenvalue weighted by atomic mass is 10.1. The molecule has 1 aromatic rings. The molecule has 140 valence electrons. The first-order valence-electron chi connectivity index (χ1n) is 8.76. The minimum atomic E-state index is -0.647. The van der Waals surface area contributed by atoms with Crippen molar-refractivity contribution in [3.8, 4) is 0 Å². The zero-order chi connectivity index (χ0) is 18.9. The topological polar surface area (TPSA) is 76.2 Å². The second-order valence-electron chi connectivity index (χ2n) is 7.61. The first kappa shape index (κ1) is 18.2. The van der Waals surface area contributed by atoms with Gasteiger partial charge < -0.3 is 9.47 Å². The van der Waals surface area contributed by atoms with Crippen LogP contribution in [-0.2, 0) is 20.9 Å². The fourth-order valence-electron chi connectivity index (χ4n) is 3.40. The monoisotopic (exact) mass is 360 g/mol. The smallest absolute Gasteiger partial charge is 0.411 e. The molecule has 2 unspecified atom stereocenters. The van der Waals surface area contributed by atoms with Crippen molar-refractivity contribution in [1.82, 2.24) is 9.80 Å². The molecule has 2 saturated heterocycles. The molecule has 0 bridgehead atoms. The molecule has 26 heavy (non-hydrogen) atoms. The predicted molar refractivity (Wildman–Crippen MR) is 93.5 cm³/mol. The Morgan fingerprint density at radius 1 is 1.12 bits per heavy atom. The third-order valence-electron chi connectivity index (χ3n) is 4.49. The fraction of sp³-hybridized carbons (Fsp3) is 0.526. The average Bonchev–Trinajstić information content (AvgIpc) is 3.14. The molecule has 2 aliphatic heterocycles. The lowest BCUT2D eigenvalue weighted by Crippen LogP contribution is -2.44. The zero-order valence-electron chi connectivity index (χ0n) is 15.3. The molecular formula is C19H24N2O5. The van der Waals surface area contributed by atoms with Crippen molar-refractivity contribution >= 4 is 18.0 Å². The number of hydrogen-bond acceptors (Lipinski definition) is 5. The Hall–Kier alpha value is -2.57. The van der Waals surface area contributed by atoms with Gasteiger partial charge in [-0.25, -0.2) is 9.59 Å². The van der Waals surface area contributed by atoms with E-state index in [1.165, 1.54) is 9.80 Å². The van der Waals surface area contributed by atoms with Gasteiger partial charge in [-0.2, -0.15) is 0 Å². The number of likely N-dealkylation sites (tertiary alicyclic amines) is 2. The van der Waals surface area contributed by atoms with Crippen molar-refractivity contribution in [3.63, 3.8) is 0 Å². The fourth-order valence-corrected chi connectivity index (χ4v) is 3.40. The minimum absolute atomic E-state index is 0.0350. The third-order valence-corrected chi connectivity index (χ3v) is 4.49. The van der Waals surface area contributed by atoms with E-state index >= 15 is 0 Å². The Morgan fingerprint density at radius 2 is 1.81 bits per heavy atom. The first-order chi connectivity index (χ1) is 12.3. The van der Waals surface area contributed by atoms with Crippen LogP contribution in [0.2, 0.25) is 0 Å². The number of nitrogens with zero attached hydrogens (tertiary/aromatic N) is 2. The lowest BCUT2D eigenvalue weighted by molar-refractivity contribution is -0.120. The maximum Gasteiger partial charge on any atom is 0.411 e. The molecule has 2 fully saturated rings. The summed E-state index contributed by atoms with van der Waals surface area (Å²) in [6.45, 7) is 5.84. The summed E-state index contributed by atoms with van der Waals surface area (Å²) in [5.41, 5.74) is 0.246.